The molecule has 3 rings (SSSR count). The van der Waals surface area contributed by atoms with Crippen LogP contribution in [-0.2, 0) is 6.42 Å². The quantitative estimate of drug-likeness (QED) is 0.781. The Morgan fingerprint density at radius 1 is 1.10 bits per heavy atom. The summed E-state index contributed by atoms with van der Waals surface area (Å²) in [5.74, 6) is 0. The van der Waals surface area contributed by atoms with Crippen molar-refractivity contribution in [3.8, 4) is 0 Å². The number of anilines is 1. The van der Waals surface area contributed by atoms with E-state index in [1.54, 1.807) is 0 Å². The predicted molar refractivity (Wildman–Crippen MR) is 86.5 cm³/mol. The molecule has 104 valence electrons. The number of fused-ring (bicyclic) bond motifs is 1. The Hall–Kier alpha value is -1.47. The second kappa shape index (κ2) is 4.82. The van der Waals surface area contributed by atoms with Crippen LogP contribution in [0.4, 0.5) is 5.69 Å². The van der Waals surface area contributed by atoms with E-state index >= 15 is 0 Å². The molecule has 1 nitrogen and oxygen atoms in total. The summed E-state index contributed by atoms with van der Waals surface area (Å²) in [6.07, 6.45) is 1.10. The number of hydrogen-bond donors (Lipinski definition) is 1. The average Bonchev–Trinajstić information content (AvgIpc) is 2.64. The van der Waals surface area contributed by atoms with Crippen LogP contribution in [-0.4, -0.2) is 0 Å². The molecule has 20 heavy (non-hydrogen) atoms. The monoisotopic (exact) mass is 285 g/mol. The SMILES string of the molecule is Cc1cccc(Cl)c1NC1c2ccccc2CC1(C)C. The van der Waals surface area contributed by atoms with E-state index in [2.05, 4.69) is 56.4 Å². The first-order valence-corrected chi connectivity index (χ1v) is 7.46. The number of benzene rings is 2. The molecule has 1 aliphatic rings. The van der Waals surface area contributed by atoms with Crippen LogP contribution in [0, 0.1) is 12.3 Å². The van der Waals surface area contributed by atoms with Gasteiger partial charge in [-0.2, -0.15) is 0 Å². The first-order chi connectivity index (χ1) is 9.49. The molecule has 1 N–H and O–H groups in total. The molecule has 0 fully saturated rings. The van der Waals surface area contributed by atoms with Crippen molar-refractivity contribution in [1.29, 1.82) is 0 Å². The van der Waals surface area contributed by atoms with Gasteiger partial charge >= 0.3 is 0 Å². The fraction of sp³-hybridized carbons (Fsp3) is 0.333. The van der Waals surface area contributed by atoms with Crippen molar-refractivity contribution in [1.82, 2.24) is 0 Å². The highest BCUT2D eigenvalue weighted by atomic mass is 35.5. The third kappa shape index (κ3) is 2.20. The van der Waals surface area contributed by atoms with E-state index in [0.717, 1.165) is 17.1 Å². The van der Waals surface area contributed by atoms with Crippen LogP contribution < -0.4 is 5.32 Å². The maximum atomic E-state index is 6.37. The van der Waals surface area contributed by atoms with Crippen LogP contribution in [0.5, 0.6) is 0 Å². The lowest BCUT2D eigenvalue weighted by Gasteiger charge is -2.30. The molecule has 0 amide bonds. The van der Waals surface area contributed by atoms with Gasteiger partial charge in [0, 0.05) is 0 Å². The summed E-state index contributed by atoms with van der Waals surface area (Å²) in [6.45, 7) is 6.73. The molecule has 2 heteroatoms. The third-order valence-corrected chi connectivity index (χ3v) is 4.62. The Balaban J connectivity index is 2.02. The number of nitrogens with one attached hydrogen (secondary N) is 1. The maximum absolute atomic E-state index is 6.37. The van der Waals surface area contributed by atoms with Gasteiger partial charge in [0.2, 0.25) is 0 Å². The van der Waals surface area contributed by atoms with Crippen LogP contribution in [0.1, 0.15) is 36.6 Å². The van der Waals surface area contributed by atoms with E-state index in [1.165, 1.54) is 16.7 Å². The first kappa shape index (κ1) is 13.5. The van der Waals surface area contributed by atoms with Gasteiger partial charge in [-0.05, 0) is 41.5 Å². The molecule has 0 spiro atoms. The minimum atomic E-state index is 0.190. The molecule has 0 radical (unpaired) electrons. The summed E-state index contributed by atoms with van der Waals surface area (Å²) in [5.41, 5.74) is 5.29. The molecule has 0 aromatic heterocycles. The second-order valence-corrected chi connectivity index (χ2v) is 6.78. The Morgan fingerprint density at radius 3 is 2.60 bits per heavy atom. The van der Waals surface area contributed by atoms with E-state index in [1.807, 2.05) is 12.1 Å². The average molecular weight is 286 g/mol. The smallest absolute Gasteiger partial charge is 0.0640 e. The standard InChI is InChI=1S/C18H20ClN/c1-12-7-6-10-15(19)16(12)20-17-14-9-5-4-8-13(14)11-18(17,2)3/h4-10,17,20H,11H2,1-3H3. The summed E-state index contributed by atoms with van der Waals surface area (Å²) in [7, 11) is 0. The van der Waals surface area contributed by atoms with Gasteiger partial charge in [0.25, 0.3) is 0 Å². The number of para-hydroxylation sites is 1. The van der Waals surface area contributed by atoms with E-state index in [-0.39, 0.29) is 5.41 Å². The number of hydrogen-bond acceptors (Lipinski definition) is 1. The Bertz CT molecular complexity index is 625. The van der Waals surface area contributed by atoms with Crippen molar-refractivity contribution in [2.75, 3.05) is 5.32 Å². The van der Waals surface area contributed by atoms with Crippen molar-refractivity contribution in [2.24, 2.45) is 5.41 Å². The Labute approximate surface area is 126 Å². The predicted octanol–water partition coefficient (Wildman–Crippen LogP) is 5.38. The van der Waals surface area contributed by atoms with Gasteiger partial charge in [-0.1, -0.05) is 61.8 Å². The highest BCUT2D eigenvalue weighted by molar-refractivity contribution is 6.33. The van der Waals surface area contributed by atoms with Crippen molar-refractivity contribution < 1.29 is 0 Å². The molecule has 0 heterocycles. The zero-order valence-electron chi connectivity index (χ0n) is 12.2. The molecular formula is C18H20ClN. The minimum absolute atomic E-state index is 0.190. The molecule has 2 aromatic carbocycles. The summed E-state index contributed by atoms with van der Waals surface area (Å²) in [5, 5.41) is 4.49. The first-order valence-electron chi connectivity index (χ1n) is 7.08. The zero-order chi connectivity index (χ0) is 14.3. The molecule has 0 aliphatic heterocycles. The molecule has 0 saturated heterocycles. The van der Waals surface area contributed by atoms with Gasteiger partial charge in [0.15, 0.2) is 0 Å². The molecular weight excluding hydrogens is 266 g/mol. The normalized spacial score (nSPS) is 19.7. The topological polar surface area (TPSA) is 12.0 Å². The van der Waals surface area contributed by atoms with Crippen LogP contribution in [0.15, 0.2) is 42.5 Å². The summed E-state index contributed by atoms with van der Waals surface area (Å²) in [4.78, 5) is 0. The number of halogens is 1. The maximum Gasteiger partial charge on any atom is 0.0640 e. The van der Waals surface area contributed by atoms with Gasteiger partial charge in [-0.3, -0.25) is 0 Å². The highest BCUT2D eigenvalue weighted by Gasteiger charge is 2.38. The lowest BCUT2D eigenvalue weighted by atomic mass is 9.85. The third-order valence-electron chi connectivity index (χ3n) is 4.30. The summed E-state index contributed by atoms with van der Waals surface area (Å²) >= 11 is 6.37. The van der Waals surface area contributed by atoms with Crippen molar-refractivity contribution >= 4 is 17.3 Å². The largest absolute Gasteiger partial charge is 0.376 e. The van der Waals surface area contributed by atoms with Crippen molar-refractivity contribution in [3.05, 3.63) is 64.2 Å². The lowest BCUT2D eigenvalue weighted by molar-refractivity contribution is 0.337. The van der Waals surface area contributed by atoms with Gasteiger partial charge in [-0.15, -0.1) is 0 Å². The van der Waals surface area contributed by atoms with E-state index in [4.69, 9.17) is 11.6 Å². The lowest BCUT2D eigenvalue weighted by Crippen LogP contribution is -2.25. The van der Waals surface area contributed by atoms with Gasteiger partial charge < -0.3 is 5.32 Å². The highest BCUT2D eigenvalue weighted by Crippen LogP contribution is 2.47. The number of aryl methyl sites for hydroxylation is 1. The van der Waals surface area contributed by atoms with Crippen LogP contribution in [0.3, 0.4) is 0 Å². The minimum Gasteiger partial charge on any atom is -0.376 e. The molecule has 0 bridgehead atoms. The molecule has 1 unspecified atom stereocenters. The Kier molecular flexibility index (Phi) is 3.25. The molecule has 0 saturated carbocycles. The van der Waals surface area contributed by atoms with E-state index in [0.29, 0.717) is 6.04 Å². The molecule has 1 aliphatic carbocycles. The number of rotatable bonds is 2. The fourth-order valence-corrected chi connectivity index (χ4v) is 3.50. The van der Waals surface area contributed by atoms with Gasteiger partial charge in [0.05, 0.1) is 16.8 Å². The van der Waals surface area contributed by atoms with E-state index < -0.39 is 0 Å². The zero-order valence-corrected chi connectivity index (χ0v) is 13.0. The molecule has 1 atom stereocenters. The molecule has 2 aromatic rings. The van der Waals surface area contributed by atoms with E-state index in [9.17, 15) is 0 Å². The van der Waals surface area contributed by atoms with Crippen LogP contribution >= 0.6 is 11.6 Å². The Morgan fingerprint density at radius 2 is 1.85 bits per heavy atom. The van der Waals surface area contributed by atoms with Crippen molar-refractivity contribution in [2.45, 2.75) is 33.2 Å². The van der Waals surface area contributed by atoms with Gasteiger partial charge in [0.1, 0.15) is 0 Å². The van der Waals surface area contributed by atoms with Crippen molar-refractivity contribution in [3.63, 3.8) is 0 Å². The van der Waals surface area contributed by atoms with Crippen LogP contribution in [0.2, 0.25) is 5.02 Å². The van der Waals surface area contributed by atoms with Gasteiger partial charge in [-0.25, -0.2) is 0 Å². The van der Waals surface area contributed by atoms with Crippen LogP contribution in [0.25, 0.3) is 0 Å². The fourth-order valence-electron chi connectivity index (χ4n) is 3.22. The summed E-state index contributed by atoms with van der Waals surface area (Å²) in [6, 6.07) is 15.1. The second-order valence-electron chi connectivity index (χ2n) is 6.37. The summed E-state index contributed by atoms with van der Waals surface area (Å²) < 4.78 is 0.